The number of rotatable bonds is 2. The van der Waals surface area contributed by atoms with Crippen molar-refractivity contribution in [2.24, 2.45) is 0 Å². The molecule has 0 atom stereocenters. The van der Waals surface area contributed by atoms with Crippen LogP contribution in [-0.2, 0) is 4.74 Å². The molecule has 4 rings (SSSR count). The summed E-state index contributed by atoms with van der Waals surface area (Å²) in [6, 6.07) is 9.04. The van der Waals surface area contributed by atoms with Gasteiger partial charge in [-0.05, 0) is 36.9 Å². The summed E-state index contributed by atoms with van der Waals surface area (Å²) in [5, 5.41) is 3.31. The highest BCUT2D eigenvalue weighted by Gasteiger charge is 2.41. The van der Waals surface area contributed by atoms with E-state index >= 15 is 0 Å². The van der Waals surface area contributed by atoms with Gasteiger partial charge in [0.1, 0.15) is 17.0 Å². The first-order valence-corrected chi connectivity index (χ1v) is 8.72. The van der Waals surface area contributed by atoms with Gasteiger partial charge in [-0.25, -0.2) is 9.78 Å². The molecule has 1 spiro atoms. The number of esters is 1. The third-order valence-electron chi connectivity index (χ3n) is 5.10. The molecule has 1 aromatic carbocycles. The molecule has 0 amide bonds. The number of ether oxygens (including phenoxy) is 2. The van der Waals surface area contributed by atoms with E-state index in [-0.39, 0.29) is 17.1 Å². The van der Waals surface area contributed by atoms with Crippen molar-refractivity contribution in [3.8, 4) is 16.9 Å². The monoisotopic (exact) mass is 352 g/mol. The highest BCUT2D eigenvalue weighted by atomic mass is 16.5. The Morgan fingerprint density at radius 2 is 1.96 bits per heavy atom. The Morgan fingerprint density at radius 3 is 2.65 bits per heavy atom. The van der Waals surface area contributed by atoms with Crippen molar-refractivity contribution in [2.45, 2.75) is 24.9 Å². The molecule has 3 heterocycles. The number of aromatic nitrogens is 1. The molecule has 2 aliphatic heterocycles. The molecule has 1 fully saturated rings. The van der Waals surface area contributed by atoms with Crippen LogP contribution in [0.5, 0.6) is 5.75 Å². The number of Topliss-reactive ketones (excluding diaryl/α,β-unsaturated/α-hetero) is 1. The minimum atomic E-state index is -0.474. The van der Waals surface area contributed by atoms with Gasteiger partial charge in [0.25, 0.3) is 0 Å². The van der Waals surface area contributed by atoms with E-state index in [1.165, 1.54) is 7.11 Å². The second-order valence-corrected chi connectivity index (χ2v) is 6.77. The molecule has 2 aliphatic rings. The number of hydrogen-bond donors (Lipinski definition) is 1. The van der Waals surface area contributed by atoms with Gasteiger partial charge in [0, 0.05) is 24.6 Å². The predicted octanol–water partition coefficient (Wildman–Crippen LogP) is 2.62. The Balaban J connectivity index is 1.63. The fourth-order valence-corrected chi connectivity index (χ4v) is 3.62. The van der Waals surface area contributed by atoms with Crippen LogP contribution in [0.15, 0.2) is 36.5 Å². The number of hydrogen-bond acceptors (Lipinski definition) is 6. The maximum absolute atomic E-state index is 12.7. The van der Waals surface area contributed by atoms with E-state index in [9.17, 15) is 9.59 Å². The summed E-state index contributed by atoms with van der Waals surface area (Å²) < 4.78 is 10.9. The molecule has 1 saturated heterocycles. The second kappa shape index (κ2) is 6.53. The Morgan fingerprint density at radius 1 is 1.19 bits per heavy atom. The van der Waals surface area contributed by atoms with Gasteiger partial charge in [-0.1, -0.05) is 12.1 Å². The number of carbonyl (C=O) groups is 2. The number of nitrogens with one attached hydrogen (secondary N) is 1. The average molecular weight is 352 g/mol. The molecule has 0 radical (unpaired) electrons. The van der Waals surface area contributed by atoms with Crippen LogP contribution in [0.2, 0.25) is 0 Å². The van der Waals surface area contributed by atoms with E-state index in [1.54, 1.807) is 18.3 Å². The fraction of sp³-hybridized carbons (Fsp3) is 0.350. The molecule has 1 aromatic heterocycles. The van der Waals surface area contributed by atoms with Crippen LogP contribution in [0.1, 0.15) is 40.1 Å². The Hall–Kier alpha value is -2.73. The zero-order chi connectivity index (χ0) is 18.1. The quantitative estimate of drug-likeness (QED) is 0.837. The SMILES string of the molecule is COC(=O)c1ccc(-c2ccc3c(c2)C(=O)CC2(CCNCC2)O3)cn1. The van der Waals surface area contributed by atoms with Crippen molar-refractivity contribution in [3.63, 3.8) is 0 Å². The van der Waals surface area contributed by atoms with E-state index in [4.69, 9.17) is 4.74 Å². The summed E-state index contributed by atoms with van der Waals surface area (Å²) in [5.41, 5.74) is 2.20. The van der Waals surface area contributed by atoms with Crippen molar-refractivity contribution in [1.82, 2.24) is 10.3 Å². The highest BCUT2D eigenvalue weighted by Crippen LogP contribution is 2.39. The lowest BCUT2D eigenvalue weighted by Crippen LogP contribution is -2.49. The van der Waals surface area contributed by atoms with Gasteiger partial charge in [-0.3, -0.25) is 4.79 Å². The first-order valence-electron chi connectivity index (χ1n) is 8.72. The molecule has 2 aromatic rings. The molecule has 6 heteroatoms. The van der Waals surface area contributed by atoms with Crippen LogP contribution in [-0.4, -0.2) is 42.5 Å². The van der Waals surface area contributed by atoms with Crippen LogP contribution in [0.25, 0.3) is 11.1 Å². The van der Waals surface area contributed by atoms with Gasteiger partial charge < -0.3 is 14.8 Å². The molecular formula is C20H20N2O4. The van der Waals surface area contributed by atoms with Crippen molar-refractivity contribution in [2.75, 3.05) is 20.2 Å². The summed E-state index contributed by atoms with van der Waals surface area (Å²) in [5.74, 6) is 0.304. The van der Waals surface area contributed by atoms with Crippen LogP contribution >= 0.6 is 0 Å². The minimum absolute atomic E-state index is 0.120. The Labute approximate surface area is 151 Å². The standard InChI is InChI=1S/C20H20N2O4/c1-25-19(24)16-4-2-14(12-22-16)13-3-5-18-15(10-13)17(23)11-20(26-18)6-8-21-9-7-20/h2-5,10,12,21H,6-9,11H2,1H3. The fourth-order valence-electron chi connectivity index (χ4n) is 3.62. The van der Waals surface area contributed by atoms with Crippen LogP contribution in [0.3, 0.4) is 0 Å². The number of ketones is 1. The smallest absolute Gasteiger partial charge is 0.356 e. The summed E-state index contributed by atoms with van der Waals surface area (Å²) in [6.45, 7) is 1.75. The van der Waals surface area contributed by atoms with Crippen molar-refractivity contribution < 1.29 is 19.1 Å². The van der Waals surface area contributed by atoms with Crippen molar-refractivity contribution >= 4 is 11.8 Å². The topological polar surface area (TPSA) is 77.5 Å². The Bertz CT molecular complexity index is 855. The van der Waals surface area contributed by atoms with Gasteiger partial charge in [0.15, 0.2) is 5.78 Å². The number of carbonyl (C=O) groups excluding carboxylic acids is 2. The third-order valence-corrected chi connectivity index (χ3v) is 5.10. The lowest BCUT2D eigenvalue weighted by Gasteiger charge is -2.41. The average Bonchev–Trinajstić information content (AvgIpc) is 2.68. The molecule has 134 valence electrons. The number of nitrogens with zero attached hydrogens (tertiary/aromatic N) is 1. The summed E-state index contributed by atoms with van der Waals surface area (Å²) >= 11 is 0. The molecule has 0 bridgehead atoms. The van der Waals surface area contributed by atoms with E-state index in [1.807, 2.05) is 18.2 Å². The third kappa shape index (κ3) is 2.97. The molecule has 26 heavy (non-hydrogen) atoms. The first-order chi connectivity index (χ1) is 12.6. The minimum Gasteiger partial charge on any atom is -0.486 e. The van der Waals surface area contributed by atoms with Crippen LogP contribution in [0.4, 0.5) is 0 Å². The second-order valence-electron chi connectivity index (χ2n) is 6.77. The number of pyridine rings is 1. The molecular weight excluding hydrogens is 332 g/mol. The molecule has 0 saturated carbocycles. The van der Waals surface area contributed by atoms with E-state index in [0.29, 0.717) is 17.7 Å². The van der Waals surface area contributed by atoms with Gasteiger partial charge in [-0.2, -0.15) is 0 Å². The van der Waals surface area contributed by atoms with Gasteiger partial charge in [-0.15, -0.1) is 0 Å². The van der Waals surface area contributed by atoms with E-state index in [0.717, 1.165) is 37.1 Å². The lowest BCUT2D eigenvalue weighted by molar-refractivity contribution is 0.0187. The highest BCUT2D eigenvalue weighted by molar-refractivity contribution is 6.01. The summed E-state index contributed by atoms with van der Waals surface area (Å²) in [6.07, 6.45) is 3.72. The number of fused-ring (bicyclic) bond motifs is 1. The molecule has 6 nitrogen and oxygen atoms in total. The molecule has 0 unspecified atom stereocenters. The first kappa shape index (κ1) is 16.7. The van der Waals surface area contributed by atoms with Crippen molar-refractivity contribution in [1.29, 1.82) is 0 Å². The van der Waals surface area contributed by atoms with Crippen LogP contribution < -0.4 is 10.1 Å². The lowest BCUT2D eigenvalue weighted by atomic mass is 9.82. The maximum atomic E-state index is 12.7. The number of benzene rings is 1. The van der Waals surface area contributed by atoms with E-state index < -0.39 is 5.97 Å². The van der Waals surface area contributed by atoms with Gasteiger partial charge in [0.2, 0.25) is 0 Å². The summed E-state index contributed by atoms with van der Waals surface area (Å²) in [7, 11) is 1.32. The van der Waals surface area contributed by atoms with E-state index in [2.05, 4.69) is 15.0 Å². The zero-order valence-corrected chi connectivity index (χ0v) is 14.6. The van der Waals surface area contributed by atoms with Gasteiger partial charge in [0.05, 0.1) is 19.1 Å². The molecule has 1 N–H and O–H groups in total. The largest absolute Gasteiger partial charge is 0.486 e. The number of piperidine rings is 1. The molecule has 0 aliphatic carbocycles. The zero-order valence-electron chi connectivity index (χ0n) is 14.6. The maximum Gasteiger partial charge on any atom is 0.356 e. The Kier molecular flexibility index (Phi) is 4.20. The van der Waals surface area contributed by atoms with Gasteiger partial charge >= 0.3 is 5.97 Å². The normalized spacial score (nSPS) is 18.1. The number of methoxy groups -OCH3 is 1. The predicted molar refractivity (Wildman–Crippen MR) is 95.4 cm³/mol. The van der Waals surface area contributed by atoms with Crippen LogP contribution in [0, 0.1) is 0 Å². The van der Waals surface area contributed by atoms with Crippen molar-refractivity contribution in [3.05, 3.63) is 47.8 Å². The summed E-state index contributed by atoms with van der Waals surface area (Å²) in [4.78, 5) is 28.4.